The van der Waals surface area contributed by atoms with Crippen LogP contribution in [0.3, 0.4) is 0 Å². The fourth-order valence-corrected chi connectivity index (χ4v) is 4.85. The van der Waals surface area contributed by atoms with Gasteiger partial charge in [0.15, 0.2) is 0 Å². The molecule has 6 heteroatoms. The Morgan fingerprint density at radius 3 is 2.48 bits per heavy atom. The summed E-state index contributed by atoms with van der Waals surface area (Å²) >= 11 is 0. The smallest absolute Gasteiger partial charge is 0.261 e. The van der Waals surface area contributed by atoms with Crippen LogP contribution >= 0.6 is 0 Å². The molecule has 5 nitrogen and oxygen atoms in total. The standard InChI is InChI=1S/C19H20N2O3S/c1-12-3-4-13(2)17(9-12)20-25(23,24)16-10-14-5-6-18(22)21-8-7-15(11-16)19(14)21/h3-4,9-11,20H,5-8H2,1-2H3. The third kappa shape index (κ3) is 2.70. The maximum Gasteiger partial charge on any atom is 0.261 e. The first-order chi connectivity index (χ1) is 11.8. The maximum absolute atomic E-state index is 12.9. The first-order valence-corrected chi connectivity index (χ1v) is 9.90. The Bertz CT molecular complexity index is 996. The van der Waals surface area contributed by atoms with Gasteiger partial charge in [-0.05, 0) is 67.1 Å². The average molecular weight is 356 g/mol. The van der Waals surface area contributed by atoms with Crippen molar-refractivity contribution in [3.8, 4) is 0 Å². The van der Waals surface area contributed by atoms with Gasteiger partial charge in [-0.2, -0.15) is 0 Å². The van der Waals surface area contributed by atoms with Crippen molar-refractivity contribution < 1.29 is 13.2 Å². The van der Waals surface area contributed by atoms with Gasteiger partial charge in [-0.25, -0.2) is 8.42 Å². The Labute approximate surface area is 147 Å². The summed E-state index contributed by atoms with van der Waals surface area (Å²) in [5.41, 5.74) is 5.32. The van der Waals surface area contributed by atoms with Crippen molar-refractivity contribution in [2.75, 3.05) is 16.2 Å². The zero-order chi connectivity index (χ0) is 17.8. The summed E-state index contributed by atoms with van der Waals surface area (Å²) in [6.07, 6.45) is 1.76. The maximum atomic E-state index is 12.9. The number of nitrogens with one attached hydrogen (secondary N) is 1. The van der Waals surface area contributed by atoms with Crippen LogP contribution in [0.1, 0.15) is 28.7 Å². The summed E-state index contributed by atoms with van der Waals surface area (Å²) in [6.45, 7) is 4.46. The molecule has 0 unspecified atom stereocenters. The normalized spacial score (nSPS) is 16.1. The summed E-state index contributed by atoms with van der Waals surface area (Å²) in [7, 11) is -3.67. The molecule has 0 spiro atoms. The number of sulfonamides is 1. The molecule has 0 saturated heterocycles. The lowest BCUT2D eigenvalue weighted by atomic mass is 10.00. The molecule has 2 aromatic rings. The van der Waals surface area contributed by atoms with Crippen molar-refractivity contribution in [1.82, 2.24) is 0 Å². The van der Waals surface area contributed by atoms with E-state index in [0.29, 0.717) is 31.5 Å². The number of amides is 1. The van der Waals surface area contributed by atoms with E-state index < -0.39 is 10.0 Å². The van der Waals surface area contributed by atoms with E-state index in [-0.39, 0.29) is 10.8 Å². The van der Waals surface area contributed by atoms with Crippen molar-refractivity contribution in [1.29, 1.82) is 0 Å². The topological polar surface area (TPSA) is 66.5 Å². The molecule has 4 rings (SSSR count). The summed E-state index contributed by atoms with van der Waals surface area (Å²) < 4.78 is 28.5. The molecule has 130 valence electrons. The minimum atomic E-state index is -3.67. The van der Waals surface area contributed by atoms with Gasteiger partial charge < -0.3 is 4.90 Å². The highest BCUT2D eigenvalue weighted by molar-refractivity contribution is 7.92. The molecule has 1 amide bonds. The highest BCUT2D eigenvalue weighted by Crippen LogP contribution is 2.38. The summed E-state index contributed by atoms with van der Waals surface area (Å²) in [5.74, 6) is 0.135. The molecule has 2 heterocycles. The third-order valence-corrected chi connectivity index (χ3v) is 6.32. The number of carbonyl (C=O) groups is 1. The summed E-state index contributed by atoms with van der Waals surface area (Å²) in [5, 5.41) is 0. The number of hydrogen-bond acceptors (Lipinski definition) is 3. The second-order valence-electron chi connectivity index (χ2n) is 6.81. The molecule has 0 fully saturated rings. The lowest BCUT2D eigenvalue weighted by molar-refractivity contribution is -0.118. The molecule has 0 atom stereocenters. The van der Waals surface area contributed by atoms with Gasteiger partial charge in [-0.3, -0.25) is 9.52 Å². The lowest BCUT2D eigenvalue weighted by Gasteiger charge is -2.25. The number of benzene rings is 2. The Balaban J connectivity index is 1.75. The monoisotopic (exact) mass is 356 g/mol. The van der Waals surface area contributed by atoms with Gasteiger partial charge in [-0.15, -0.1) is 0 Å². The average Bonchev–Trinajstić information content (AvgIpc) is 2.99. The van der Waals surface area contributed by atoms with E-state index in [1.54, 1.807) is 17.0 Å². The van der Waals surface area contributed by atoms with Crippen LogP contribution in [0, 0.1) is 13.8 Å². The second kappa shape index (κ2) is 5.59. The number of carbonyl (C=O) groups excluding carboxylic acids is 1. The van der Waals surface area contributed by atoms with Crippen LogP contribution in [0.4, 0.5) is 11.4 Å². The van der Waals surface area contributed by atoms with E-state index in [9.17, 15) is 13.2 Å². The predicted octanol–water partition coefficient (Wildman–Crippen LogP) is 2.94. The van der Waals surface area contributed by atoms with Gasteiger partial charge in [0, 0.05) is 13.0 Å². The predicted molar refractivity (Wildman–Crippen MR) is 97.5 cm³/mol. The first-order valence-electron chi connectivity index (χ1n) is 8.41. The van der Waals surface area contributed by atoms with Crippen LogP contribution in [-0.4, -0.2) is 20.9 Å². The van der Waals surface area contributed by atoms with Crippen LogP contribution in [0.25, 0.3) is 0 Å². The zero-order valence-electron chi connectivity index (χ0n) is 14.3. The van der Waals surface area contributed by atoms with Crippen molar-refractivity contribution in [2.24, 2.45) is 0 Å². The SMILES string of the molecule is Cc1ccc(C)c(NS(=O)(=O)c2cc3c4c(c2)CCN4C(=O)CC3)c1. The van der Waals surface area contributed by atoms with Crippen LogP contribution in [-0.2, 0) is 27.7 Å². The molecule has 2 aromatic carbocycles. The van der Waals surface area contributed by atoms with E-state index in [0.717, 1.165) is 27.9 Å². The van der Waals surface area contributed by atoms with E-state index in [2.05, 4.69) is 4.72 Å². The molecule has 1 N–H and O–H groups in total. The third-order valence-electron chi connectivity index (χ3n) is 4.97. The number of nitrogens with zero attached hydrogens (tertiary/aromatic N) is 1. The van der Waals surface area contributed by atoms with Crippen LogP contribution in [0.5, 0.6) is 0 Å². The molecule has 0 bridgehead atoms. The first kappa shape index (κ1) is 16.1. The van der Waals surface area contributed by atoms with Crippen molar-refractivity contribution in [2.45, 2.75) is 38.0 Å². The van der Waals surface area contributed by atoms with Crippen molar-refractivity contribution in [3.05, 3.63) is 52.6 Å². The van der Waals surface area contributed by atoms with E-state index in [1.807, 2.05) is 32.0 Å². The van der Waals surface area contributed by atoms with Gasteiger partial charge in [-0.1, -0.05) is 12.1 Å². The second-order valence-corrected chi connectivity index (χ2v) is 8.49. The lowest BCUT2D eigenvalue weighted by Crippen LogP contribution is -2.33. The fraction of sp³-hybridized carbons (Fsp3) is 0.316. The highest BCUT2D eigenvalue weighted by atomic mass is 32.2. The Morgan fingerprint density at radius 2 is 1.72 bits per heavy atom. The number of aryl methyl sites for hydroxylation is 3. The Hall–Kier alpha value is -2.34. The largest absolute Gasteiger partial charge is 0.312 e. The van der Waals surface area contributed by atoms with Gasteiger partial charge in [0.2, 0.25) is 5.91 Å². The molecule has 2 aliphatic heterocycles. The number of anilines is 2. The summed E-state index contributed by atoms with van der Waals surface area (Å²) in [6, 6.07) is 9.13. The quantitative estimate of drug-likeness (QED) is 0.919. The minimum Gasteiger partial charge on any atom is -0.312 e. The van der Waals surface area contributed by atoms with Crippen LogP contribution in [0.15, 0.2) is 35.2 Å². The number of rotatable bonds is 3. The number of hydrogen-bond donors (Lipinski definition) is 1. The van der Waals surface area contributed by atoms with Gasteiger partial charge in [0.05, 0.1) is 16.3 Å². The zero-order valence-corrected chi connectivity index (χ0v) is 15.1. The van der Waals surface area contributed by atoms with E-state index in [1.165, 1.54) is 0 Å². The van der Waals surface area contributed by atoms with Crippen LogP contribution < -0.4 is 9.62 Å². The molecule has 0 aliphatic carbocycles. The molecule has 0 radical (unpaired) electrons. The fourth-order valence-electron chi connectivity index (χ4n) is 3.63. The molecular weight excluding hydrogens is 336 g/mol. The minimum absolute atomic E-state index is 0.135. The molecule has 0 saturated carbocycles. The van der Waals surface area contributed by atoms with E-state index in [4.69, 9.17) is 0 Å². The van der Waals surface area contributed by atoms with Gasteiger partial charge in [0.1, 0.15) is 0 Å². The van der Waals surface area contributed by atoms with Crippen molar-refractivity contribution >= 4 is 27.3 Å². The summed E-state index contributed by atoms with van der Waals surface area (Å²) in [4.78, 5) is 14.1. The Kier molecular flexibility index (Phi) is 3.61. The van der Waals surface area contributed by atoms with Crippen LogP contribution in [0.2, 0.25) is 0 Å². The molecule has 0 aromatic heterocycles. The van der Waals surface area contributed by atoms with Gasteiger partial charge in [0.25, 0.3) is 10.0 Å². The van der Waals surface area contributed by atoms with E-state index >= 15 is 0 Å². The van der Waals surface area contributed by atoms with Crippen molar-refractivity contribution in [3.63, 3.8) is 0 Å². The molecular formula is C19H20N2O3S. The Morgan fingerprint density at radius 1 is 1.00 bits per heavy atom. The molecule has 2 aliphatic rings. The molecule has 25 heavy (non-hydrogen) atoms. The highest BCUT2D eigenvalue weighted by Gasteiger charge is 2.33. The van der Waals surface area contributed by atoms with Gasteiger partial charge >= 0.3 is 0 Å².